The van der Waals surface area contributed by atoms with E-state index in [4.69, 9.17) is 0 Å². The fourth-order valence-electron chi connectivity index (χ4n) is 3.86. The number of hydrogen-bond acceptors (Lipinski definition) is 7. The average Bonchev–Trinajstić information content (AvgIpc) is 3.31. The van der Waals surface area contributed by atoms with Crippen LogP contribution in [-0.4, -0.2) is 43.4 Å². The van der Waals surface area contributed by atoms with Crippen LogP contribution in [0.1, 0.15) is 32.3 Å². The van der Waals surface area contributed by atoms with Gasteiger partial charge in [-0.3, -0.25) is 4.79 Å². The molecular weight excluding hydrogens is 358 g/mol. The van der Waals surface area contributed by atoms with E-state index < -0.39 is 11.6 Å². The van der Waals surface area contributed by atoms with E-state index in [1.54, 1.807) is 16.9 Å². The van der Waals surface area contributed by atoms with Gasteiger partial charge in [-0.15, -0.1) is 5.10 Å². The molecule has 3 aromatic rings. The Hall–Kier alpha value is -3.20. The van der Waals surface area contributed by atoms with Gasteiger partial charge in [-0.05, 0) is 44.4 Å². The van der Waals surface area contributed by atoms with Crippen LogP contribution in [0.25, 0.3) is 5.65 Å². The number of hydrogen-bond donors (Lipinski definition) is 3. The van der Waals surface area contributed by atoms with E-state index in [9.17, 15) is 9.90 Å². The molecule has 1 saturated heterocycles. The van der Waals surface area contributed by atoms with Gasteiger partial charge in [0, 0.05) is 30.3 Å². The maximum absolute atomic E-state index is 12.1. The number of carbonyl (C=O) groups is 1. The van der Waals surface area contributed by atoms with Crippen molar-refractivity contribution in [2.24, 2.45) is 0 Å². The minimum atomic E-state index is -0.546. The Balaban J connectivity index is 1.47. The number of carbonyl (C=O) groups excluding carboxylic acids is 1. The second-order valence-corrected chi connectivity index (χ2v) is 7.74. The lowest BCUT2D eigenvalue weighted by atomic mass is 9.86. The van der Waals surface area contributed by atoms with Crippen molar-refractivity contribution in [1.29, 1.82) is 0 Å². The van der Waals surface area contributed by atoms with Crippen LogP contribution in [0.3, 0.4) is 0 Å². The van der Waals surface area contributed by atoms with Gasteiger partial charge in [0.1, 0.15) is 6.23 Å². The van der Waals surface area contributed by atoms with E-state index in [-0.39, 0.29) is 5.91 Å². The van der Waals surface area contributed by atoms with Gasteiger partial charge < -0.3 is 20.6 Å². The second kappa shape index (κ2) is 5.90. The molecule has 9 nitrogen and oxygen atoms in total. The number of nitrogens with one attached hydrogen (secondary N) is 2. The van der Waals surface area contributed by atoms with Crippen molar-refractivity contribution >= 4 is 34.7 Å². The summed E-state index contributed by atoms with van der Waals surface area (Å²) in [6.45, 7) is 4.56. The molecule has 2 aromatic heterocycles. The van der Waals surface area contributed by atoms with Crippen LogP contribution in [-0.2, 0) is 10.2 Å². The van der Waals surface area contributed by atoms with E-state index in [1.807, 2.05) is 36.9 Å². The Morgan fingerprint density at radius 1 is 1.36 bits per heavy atom. The number of anilines is 4. The lowest BCUT2D eigenvalue weighted by molar-refractivity contribution is -0.119. The highest BCUT2D eigenvalue weighted by atomic mass is 16.3. The molecule has 1 aromatic carbocycles. The molecular formula is C19H21N7O2. The van der Waals surface area contributed by atoms with Crippen LogP contribution in [0.5, 0.6) is 0 Å². The minimum absolute atomic E-state index is 0.00890. The van der Waals surface area contributed by atoms with Gasteiger partial charge in [0.25, 0.3) is 0 Å². The van der Waals surface area contributed by atoms with Crippen molar-refractivity contribution in [2.75, 3.05) is 22.1 Å². The monoisotopic (exact) mass is 379 g/mol. The number of nitrogens with zero attached hydrogens (tertiary/aromatic N) is 5. The number of fused-ring (bicyclic) bond motifs is 2. The Labute approximate surface area is 161 Å². The largest absolute Gasteiger partial charge is 0.374 e. The fourth-order valence-corrected chi connectivity index (χ4v) is 3.86. The van der Waals surface area contributed by atoms with Crippen LogP contribution in [0.4, 0.5) is 23.1 Å². The fraction of sp³-hybridized carbons (Fsp3) is 0.368. The first-order valence-corrected chi connectivity index (χ1v) is 9.32. The molecule has 0 spiro atoms. The predicted octanol–water partition coefficient (Wildman–Crippen LogP) is 2.02. The molecule has 2 aliphatic rings. The van der Waals surface area contributed by atoms with Gasteiger partial charge in [0.05, 0.1) is 5.41 Å². The molecule has 4 heterocycles. The summed E-state index contributed by atoms with van der Waals surface area (Å²) in [5, 5.41) is 20.7. The zero-order valence-electron chi connectivity index (χ0n) is 15.7. The number of benzene rings is 1. The molecule has 0 bridgehead atoms. The highest BCUT2D eigenvalue weighted by molar-refractivity contribution is 6.06. The molecule has 144 valence electrons. The van der Waals surface area contributed by atoms with Gasteiger partial charge >= 0.3 is 0 Å². The summed E-state index contributed by atoms with van der Waals surface area (Å²) in [6.07, 6.45) is 4.47. The first-order valence-electron chi connectivity index (χ1n) is 9.32. The van der Waals surface area contributed by atoms with Crippen molar-refractivity contribution in [1.82, 2.24) is 19.6 Å². The highest BCUT2D eigenvalue weighted by Gasteiger charge is 2.38. The van der Waals surface area contributed by atoms with Crippen molar-refractivity contribution < 1.29 is 9.90 Å². The normalized spacial score (nSPS) is 20.5. The van der Waals surface area contributed by atoms with Crippen molar-refractivity contribution in [2.45, 2.75) is 38.3 Å². The van der Waals surface area contributed by atoms with Crippen molar-refractivity contribution in [3.05, 3.63) is 36.2 Å². The zero-order valence-corrected chi connectivity index (χ0v) is 15.7. The smallest absolute Gasteiger partial charge is 0.247 e. The third-order valence-corrected chi connectivity index (χ3v) is 5.49. The van der Waals surface area contributed by atoms with E-state index in [0.717, 1.165) is 36.3 Å². The third kappa shape index (κ3) is 2.50. The Morgan fingerprint density at radius 3 is 3.00 bits per heavy atom. The topological polar surface area (TPSA) is 108 Å². The zero-order chi connectivity index (χ0) is 19.5. The summed E-state index contributed by atoms with van der Waals surface area (Å²) >= 11 is 0. The summed E-state index contributed by atoms with van der Waals surface area (Å²) in [4.78, 5) is 22.9. The Kier molecular flexibility index (Phi) is 3.57. The average molecular weight is 379 g/mol. The number of aromatic nitrogens is 4. The van der Waals surface area contributed by atoms with E-state index in [1.165, 1.54) is 0 Å². The van der Waals surface area contributed by atoms with Gasteiger partial charge in [0.2, 0.25) is 11.9 Å². The Bertz CT molecular complexity index is 1090. The highest BCUT2D eigenvalue weighted by Crippen LogP contribution is 2.39. The van der Waals surface area contributed by atoms with Crippen LogP contribution in [0.15, 0.2) is 30.6 Å². The molecule has 28 heavy (non-hydrogen) atoms. The maximum atomic E-state index is 12.1. The Morgan fingerprint density at radius 2 is 2.21 bits per heavy atom. The van der Waals surface area contributed by atoms with Crippen molar-refractivity contribution in [3.63, 3.8) is 0 Å². The van der Waals surface area contributed by atoms with E-state index in [0.29, 0.717) is 17.4 Å². The van der Waals surface area contributed by atoms with Gasteiger partial charge in [-0.2, -0.15) is 4.98 Å². The summed E-state index contributed by atoms with van der Waals surface area (Å²) in [6, 6.07) is 5.74. The lowest BCUT2D eigenvalue weighted by Gasteiger charge is -2.20. The molecule has 1 fully saturated rings. The van der Waals surface area contributed by atoms with Gasteiger partial charge in [0.15, 0.2) is 11.5 Å². The number of amides is 1. The van der Waals surface area contributed by atoms with Crippen LogP contribution in [0, 0.1) is 0 Å². The number of aliphatic hydroxyl groups excluding tert-OH is 1. The molecule has 1 amide bonds. The number of rotatable bonds is 3. The molecule has 5 rings (SSSR count). The maximum Gasteiger partial charge on any atom is 0.247 e. The second-order valence-electron chi connectivity index (χ2n) is 7.74. The van der Waals surface area contributed by atoms with E-state index >= 15 is 0 Å². The minimum Gasteiger partial charge on any atom is -0.374 e. The molecule has 9 heteroatoms. The summed E-state index contributed by atoms with van der Waals surface area (Å²) in [5.74, 6) is 1.04. The molecule has 0 aliphatic carbocycles. The summed E-state index contributed by atoms with van der Waals surface area (Å²) in [7, 11) is 0. The van der Waals surface area contributed by atoms with Gasteiger partial charge in [-0.25, -0.2) is 9.50 Å². The van der Waals surface area contributed by atoms with Gasteiger partial charge in [-0.1, -0.05) is 6.07 Å². The first kappa shape index (κ1) is 16.9. The molecule has 0 saturated carbocycles. The summed E-state index contributed by atoms with van der Waals surface area (Å²) in [5.41, 5.74) is 2.60. The van der Waals surface area contributed by atoms with Crippen LogP contribution >= 0.6 is 0 Å². The predicted molar refractivity (Wildman–Crippen MR) is 105 cm³/mol. The van der Waals surface area contributed by atoms with Crippen molar-refractivity contribution in [3.8, 4) is 0 Å². The SMILES string of the molecule is CC1(C)C(=O)Nc2cc(Nc3nc4c(N5CCC[C@@H]5O)nccn4n3)ccc21. The molecule has 3 N–H and O–H groups in total. The van der Waals surface area contributed by atoms with Crippen LogP contribution < -0.4 is 15.5 Å². The standard InChI is InChI=1S/C19H21N7O2/c1-19(2)12-6-5-11(10-13(12)22-17(19)28)21-18-23-16-15(20-7-9-26(16)24-18)25-8-3-4-14(25)27/h5-7,9-10,14,27H,3-4,8H2,1-2H3,(H,21,24)(H,22,28)/t14-/m0/s1. The molecule has 1 atom stereocenters. The quantitative estimate of drug-likeness (QED) is 0.639. The molecule has 2 aliphatic heterocycles. The third-order valence-electron chi connectivity index (χ3n) is 5.49. The first-order chi connectivity index (χ1) is 13.4. The summed E-state index contributed by atoms with van der Waals surface area (Å²) < 4.78 is 1.65. The number of aliphatic hydroxyl groups is 1. The molecule has 0 radical (unpaired) electrons. The lowest BCUT2D eigenvalue weighted by Crippen LogP contribution is -2.29. The van der Waals surface area contributed by atoms with Crippen LogP contribution in [0.2, 0.25) is 0 Å². The molecule has 0 unspecified atom stereocenters. The van der Waals surface area contributed by atoms with E-state index in [2.05, 4.69) is 25.7 Å².